The highest BCUT2D eigenvalue weighted by Gasteiger charge is 2.33. The van der Waals surface area contributed by atoms with Gasteiger partial charge in [-0.3, -0.25) is 19.6 Å². The first-order valence-corrected chi connectivity index (χ1v) is 12.0. The lowest BCUT2D eigenvalue weighted by molar-refractivity contribution is -0.127. The van der Waals surface area contributed by atoms with E-state index < -0.39 is 5.60 Å². The van der Waals surface area contributed by atoms with Gasteiger partial charge in [0, 0.05) is 38.1 Å². The number of aromatic nitrogens is 1. The fourth-order valence-corrected chi connectivity index (χ4v) is 5.59. The zero-order chi connectivity index (χ0) is 20.8. The summed E-state index contributed by atoms with van der Waals surface area (Å²) in [6.45, 7) is 5.84. The van der Waals surface area contributed by atoms with Gasteiger partial charge in [0.15, 0.2) is 0 Å². The number of nitrogens with zero attached hydrogens (tertiary/aromatic N) is 3. The van der Waals surface area contributed by atoms with Crippen LogP contribution in [0.5, 0.6) is 0 Å². The first-order chi connectivity index (χ1) is 14.6. The molecule has 166 valence electrons. The van der Waals surface area contributed by atoms with Crippen molar-refractivity contribution in [2.24, 2.45) is 5.92 Å². The molecule has 0 radical (unpaired) electrons. The third-order valence-electron chi connectivity index (χ3n) is 7.45. The quantitative estimate of drug-likeness (QED) is 0.718. The number of piperidine rings is 2. The summed E-state index contributed by atoms with van der Waals surface area (Å²) < 4.78 is 0. The summed E-state index contributed by atoms with van der Waals surface area (Å²) in [5.74, 6) is 0.292. The number of hydrogen-bond donors (Lipinski definition) is 2. The second kappa shape index (κ2) is 10.2. The molecule has 0 spiro atoms. The molecule has 1 aromatic rings. The molecule has 1 aliphatic carbocycles. The lowest BCUT2D eigenvalue weighted by Gasteiger charge is -2.42. The summed E-state index contributed by atoms with van der Waals surface area (Å²) >= 11 is 0. The van der Waals surface area contributed by atoms with Gasteiger partial charge in [-0.15, -0.1) is 0 Å². The Hall–Kier alpha value is -1.50. The van der Waals surface area contributed by atoms with E-state index in [-0.39, 0.29) is 11.8 Å². The van der Waals surface area contributed by atoms with Gasteiger partial charge in [0.2, 0.25) is 5.91 Å². The number of carbonyl (C=O) groups is 1. The Balaban J connectivity index is 1.19. The van der Waals surface area contributed by atoms with Crippen LogP contribution >= 0.6 is 0 Å². The van der Waals surface area contributed by atoms with E-state index in [1.807, 2.05) is 18.5 Å². The minimum Gasteiger partial charge on any atom is -0.390 e. The van der Waals surface area contributed by atoms with Gasteiger partial charge in [-0.1, -0.05) is 18.9 Å². The maximum absolute atomic E-state index is 12.7. The fraction of sp³-hybridized carbons (Fsp3) is 0.750. The van der Waals surface area contributed by atoms with Gasteiger partial charge in [0.05, 0.1) is 11.5 Å². The van der Waals surface area contributed by atoms with Gasteiger partial charge in [-0.2, -0.15) is 0 Å². The zero-order valence-corrected chi connectivity index (χ0v) is 18.3. The van der Waals surface area contributed by atoms with Crippen molar-refractivity contribution < 1.29 is 9.90 Å². The number of amides is 1. The van der Waals surface area contributed by atoms with Crippen LogP contribution in [0.1, 0.15) is 63.4 Å². The third kappa shape index (κ3) is 5.80. The van der Waals surface area contributed by atoms with E-state index >= 15 is 0 Å². The molecule has 6 nitrogen and oxygen atoms in total. The molecule has 1 amide bonds. The Morgan fingerprint density at radius 1 is 1.17 bits per heavy atom. The molecule has 0 bridgehead atoms. The molecule has 1 atom stereocenters. The summed E-state index contributed by atoms with van der Waals surface area (Å²) in [6.07, 6.45) is 13.0. The average Bonchev–Trinajstić information content (AvgIpc) is 3.21. The predicted molar refractivity (Wildman–Crippen MR) is 118 cm³/mol. The van der Waals surface area contributed by atoms with Gasteiger partial charge in [-0.05, 0) is 76.2 Å². The van der Waals surface area contributed by atoms with E-state index in [4.69, 9.17) is 0 Å². The topological polar surface area (TPSA) is 68.7 Å². The van der Waals surface area contributed by atoms with Crippen LogP contribution in [0.25, 0.3) is 0 Å². The summed E-state index contributed by atoms with van der Waals surface area (Å²) in [7, 11) is 0. The standard InChI is InChI=1S/C24H38N4O2/c29-23(26-13-11-24(30)9-1-2-10-24)21-6-4-14-28(19-21)22-7-15-27(16-8-22)18-20-5-3-12-25-17-20/h3,5,12,17,21-22,30H,1-2,4,6-11,13-16,18-19H2,(H,26,29). The Bertz CT molecular complexity index is 669. The van der Waals surface area contributed by atoms with Gasteiger partial charge < -0.3 is 10.4 Å². The summed E-state index contributed by atoms with van der Waals surface area (Å²) in [5, 5.41) is 13.6. The van der Waals surface area contributed by atoms with Crippen molar-refractivity contribution in [3.05, 3.63) is 30.1 Å². The largest absolute Gasteiger partial charge is 0.390 e. The highest BCUT2D eigenvalue weighted by atomic mass is 16.3. The Labute approximate surface area is 181 Å². The molecule has 3 heterocycles. The molecule has 1 aromatic heterocycles. The van der Waals surface area contributed by atoms with Crippen molar-refractivity contribution in [3.8, 4) is 0 Å². The Morgan fingerprint density at radius 3 is 2.70 bits per heavy atom. The van der Waals surface area contributed by atoms with E-state index in [0.29, 0.717) is 19.0 Å². The SMILES string of the molecule is O=C(NCCC1(O)CCCC1)C1CCCN(C2CCN(Cc3cccnc3)CC2)C1. The van der Waals surface area contributed by atoms with E-state index in [1.165, 1.54) is 18.4 Å². The van der Waals surface area contributed by atoms with Crippen LogP contribution in [0.2, 0.25) is 0 Å². The normalized spacial score (nSPS) is 26.0. The van der Waals surface area contributed by atoms with E-state index in [9.17, 15) is 9.90 Å². The lowest BCUT2D eigenvalue weighted by Crippen LogP contribution is -2.50. The summed E-state index contributed by atoms with van der Waals surface area (Å²) in [5.41, 5.74) is 0.753. The van der Waals surface area contributed by atoms with Crippen LogP contribution < -0.4 is 5.32 Å². The number of nitrogens with one attached hydrogen (secondary N) is 1. The molecule has 1 unspecified atom stereocenters. The van der Waals surface area contributed by atoms with Crippen molar-refractivity contribution in [3.63, 3.8) is 0 Å². The Kier molecular flexibility index (Phi) is 7.39. The van der Waals surface area contributed by atoms with Crippen LogP contribution in [0.15, 0.2) is 24.5 Å². The molecule has 30 heavy (non-hydrogen) atoms. The van der Waals surface area contributed by atoms with Crippen molar-refractivity contribution >= 4 is 5.91 Å². The predicted octanol–water partition coefficient (Wildman–Crippen LogP) is 2.57. The van der Waals surface area contributed by atoms with E-state index in [0.717, 1.165) is 71.2 Å². The van der Waals surface area contributed by atoms with E-state index in [2.05, 4.69) is 26.2 Å². The minimum atomic E-state index is -0.532. The van der Waals surface area contributed by atoms with Crippen molar-refractivity contribution in [1.82, 2.24) is 20.1 Å². The fourth-order valence-electron chi connectivity index (χ4n) is 5.59. The maximum Gasteiger partial charge on any atom is 0.224 e. The second-order valence-corrected chi connectivity index (χ2v) is 9.68. The van der Waals surface area contributed by atoms with Crippen molar-refractivity contribution in [2.75, 3.05) is 32.7 Å². The molecular formula is C24H38N4O2. The zero-order valence-electron chi connectivity index (χ0n) is 18.3. The first-order valence-electron chi connectivity index (χ1n) is 12.0. The van der Waals surface area contributed by atoms with Gasteiger partial charge >= 0.3 is 0 Å². The molecule has 6 heteroatoms. The molecule has 1 saturated carbocycles. The molecule has 2 saturated heterocycles. The first kappa shape index (κ1) is 21.7. The number of aliphatic hydroxyl groups is 1. The minimum absolute atomic E-state index is 0.102. The molecular weight excluding hydrogens is 376 g/mol. The number of likely N-dealkylation sites (tertiary alicyclic amines) is 2. The molecule has 3 aliphatic rings. The molecule has 3 fully saturated rings. The van der Waals surface area contributed by atoms with Crippen LogP contribution in [0.4, 0.5) is 0 Å². The van der Waals surface area contributed by atoms with Crippen molar-refractivity contribution in [2.45, 2.75) is 76.0 Å². The highest BCUT2D eigenvalue weighted by Crippen LogP contribution is 2.32. The van der Waals surface area contributed by atoms with Crippen LogP contribution in [-0.2, 0) is 11.3 Å². The average molecular weight is 415 g/mol. The number of pyridine rings is 1. The van der Waals surface area contributed by atoms with Crippen LogP contribution in [0.3, 0.4) is 0 Å². The maximum atomic E-state index is 12.7. The van der Waals surface area contributed by atoms with Gasteiger partial charge in [-0.25, -0.2) is 0 Å². The second-order valence-electron chi connectivity index (χ2n) is 9.68. The Morgan fingerprint density at radius 2 is 1.97 bits per heavy atom. The highest BCUT2D eigenvalue weighted by molar-refractivity contribution is 5.78. The smallest absolute Gasteiger partial charge is 0.224 e. The summed E-state index contributed by atoms with van der Waals surface area (Å²) in [4.78, 5) is 22.0. The molecule has 2 N–H and O–H groups in total. The monoisotopic (exact) mass is 414 g/mol. The number of rotatable bonds is 7. The summed E-state index contributed by atoms with van der Waals surface area (Å²) in [6, 6.07) is 4.76. The van der Waals surface area contributed by atoms with Crippen molar-refractivity contribution in [1.29, 1.82) is 0 Å². The van der Waals surface area contributed by atoms with Gasteiger partial charge in [0.25, 0.3) is 0 Å². The van der Waals surface area contributed by atoms with Gasteiger partial charge in [0.1, 0.15) is 0 Å². The van der Waals surface area contributed by atoms with Crippen LogP contribution in [-0.4, -0.2) is 70.2 Å². The molecule has 0 aromatic carbocycles. The third-order valence-corrected chi connectivity index (χ3v) is 7.45. The lowest BCUT2D eigenvalue weighted by atomic mass is 9.93. The number of hydrogen-bond acceptors (Lipinski definition) is 5. The van der Waals surface area contributed by atoms with Crippen LogP contribution in [0, 0.1) is 5.92 Å². The van der Waals surface area contributed by atoms with E-state index in [1.54, 1.807) is 0 Å². The number of carbonyl (C=O) groups excluding carboxylic acids is 1. The molecule has 4 rings (SSSR count). The molecule has 2 aliphatic heterocycles.